The Balaban J connectivity index is 3.88. The van der Waals surface area contributed by atoms with Crippen LogP contribution in [-0.2, 0) is 4.79 Å². The van der Waals surface area contributed by atoms with Crippen molar-refractivity contribution in [3.8, 4) is 0 Å². The summed E-state index contributed by atoms with van der Waals surface area (Å²) < 4.78 is 0. The SMILES string of the molecule is CCC(CCO)NC(=O)C(C)CCN. The van der Waals surface area contributed by atoms with Gasteiger partial charge in [0.1, 0.15) is 0 Å². The molecule has 0 saturated heterocycles. The molecule has 0 aromatic carbocycles. The molecule has 0 aromatic rings. The van der Waals surface area contributed by atoms with Gasteiger partial charge in [-0.05, 0) is 25.8 Å². The molecule has 0 heterocycles. The maximum atomic E-state index is 11.5. The highest BCUT2D eigenvalue weighted by molar-refractivity contribution is 5.78. The summed E-state index contributed by atoms with van der Waals surface area (Å²) in [5.74, 6) is 0.00323. The van der Waals surface area contributed by atoms with Gasteiger partial charge in [0, 0.05) is 18.6 Å². The maximum absolute atomic E-state index is 11.5. The molecule has 0 fully saturated rings. The Bertz CT molecular complexity index is 162. The number of nitrogens with one attached hydrogen (secondary N) is 1. The first-order chi connectivity index (χ1) is 6.65. The van der Waals surface area contributed by atoms with Crippen LogP contribution in [0.25, 0.3) is 0 Å². The second-order valence-corrected chi connectivity index (χ2v) is 3.60. The molecular formula is C10H22N2O2. The van der Waals surface area contributed by atoms with Crippen molar-refractivity contribution in [3.63, 3.8) is 0 Å². The fourth-order valence-corrected chi connectivity index (χ4v) is 1.26. The van der Waals surface area contributed by atoms with E-state index in [-0.39, 0.29) is 24.5 Å². The molecule has 4 heteroatoms. The first-order valence-corrected chi connectivity index (χ1v) is 5.27. The molecule has 0 saturated carbocycles. The van der Waals surface area contributed by atoms with Crippen LogP contribution in [0, 0.1) is 5.92 Å². The molecule has 4 N–H and O–H groups in total. The van der Waals surface area contributed by atoms with Gasteiger partial charge in [0.25, 0.3) is 0 Å². The van der Waals surface area contributed by atoms with E-state index in [1.165, 1.54) is 0 Å². The van der Waals surface area contributed by atoms with Crippen molar-refractivity contribution in [2.45, 2.75) is 39.2 Å². The molecule has 2 atom stereocenters. The number of rotatable bonds is 7. The van der Waals surface area contributed by atoms with E-state index in [4.69, 9.17) is 10.8 Å². The van der Waals surface area contributed by atoms with Gasteiger partial charge < -0.3 is 16.2 Å². The zero-order valence-corrected chi connectivity index (χ0v) is 9.12. The van der Waals surface area contributed by atoms with E-state index >= 15 is 0 Å². The molecule has 84 valence electrons. The van der Waals surface area contributed by atoms with E-state index in [0.717, 1.165) is 6.42 Å². The summed E-state index contributed by atoms with van der Waals surface area (Å²) in [5, 5.41) is 11.6. The molecule has 0 aliphatic carbocycles. The molecular weight excluding hydrogens is 180 g/mol. The molecule has 1 amide bonds. The number of hydrogen-bond donors (Lipinski definition) is 3. The minimum absolute atomic E-state index is 0.0345. The van der Waals surface area contributed by atoms with Crippen LogP contribution in [0.1, 0.15) is 33.1 Å². The zero-order chi connectivity index (χ0) is 11.0. The monoisotopic (exact) mass is 202 g/mol. The standard InChI is InChI=1S/C10H22N2O2/c1-3-9(5-7-13)12-10(14)8(2)4-6-11/h8-9,13H,3-7,11H2,1-2H3,(H,12,14). The molecule has 0 spiro atoms. The van der Waals surface area contributed by atoms with E-state index in [9.17, 15) is 4.79 Å². The Hall–Kier alpha value is -0.610. The van der Waals surface area contributed by atoms with Crippen molar-refractivity contribution in [2.24, 2.45) is 11.7 Å². The van der Waals surface area contributed by atoms with Gasteiger partial charge in [-0.1, -0.05) is 13.8 Å². The summed E-state index contributed by atoms with van der Waals surface area (Å²) in [5.41, 5.74) is 5.37. The summed E-state index contributed by atoms with van der Waals surface area (Å²) in [6, 6.07) is 0.0905. The van der Waals surface area contributed by atoms with Crippen molar-refractivity contribution in [3.05, 3.63) is 0 Å². The van der Waals surface area contributed by atoms with Gasteiger partial charge in [-0.15, -0.1) is 0 Å². The predicted molar refractivity (Wildman–Crippen MR) is 56.8 cm³/mol. The Labute approximate surface area is 85.9 Å². The number of aliphatic hydroxyl groups excluding tert-OH is 1. The number of aliphatic hydroxyl groups is 1. The number of hydrogen-bond acceptors (Lipinski definition) is 3. The Morgan fingerprint density at radius 1 is 1.50 bits per heavy atom. The third kappa shape index (κ3) is 5.19. The molecule has 0 bridgehead atoms. The number of amides is 1. The Morgan fingerprint density at radius 3 is 2.57 bits per heavy atom. The van der Waals surface area contributed by atoms with E-state index in [1.807, 2.05) is 13.8 Å². The highest BCUT2D eigenvalue weighted by Gasteiger charge is 2.15. The van der Waals surface area contributed by atoms with Crippen LogP contribution < -0.4 is 11.1 Å². The summed E-state index contributed by atoms with van der Waals surface area (Å²) in [7, 11) is 0. The second-order valence-electron chi connectivity index (χ2n) is 3.60. The third-order valence-electron chi connectivity index (χ3n) is 2.36. The lowest BCUT2D eigenvalue weighted by Crippen LogP contribution is -2.38. The minimum Gasteiger partial charge on any atom is -0.396 e. The third-order valence-corrected chi connectivity index (χ3v) is 2.36. The summed E-state index contributed by atoms with van der Waals surface area (Å²) in [6.45, 7) is 4.51. The molecule has 0 aliphatic heterocycles. The van der Waals surface area contributed by atoms with Crippen molar-refractivity contribution < 1.29 is 9.90 Å². The largest absolute Gasteiger partial charge is 0.396 e. The first kappa shape index (κ1) is 13.4. The van der Waals surface area contributed by atoms with E-state index < -0.39 is 0 Å². The van der Waals surface area contributed by atoms with Crippen molar-refractivity contribution in [2.75, 3.05) is 13.2 Å². The molecule has 14 heavy (non-hydrogen) atoms. The molecule has 0 rings (SSSR count). The van der Waals surface area contributed by atoms with Crippen LogP contribution in [0.3, 0.4) is 0 Å². The fourth-order valence-electron chi connectivity index (χ4n) is 1.26. The quantitative estimate of drug-likeness (QED) is 0.554. The van der Waals surface area contributed by atoms with Crippen LogP contribution in [0.15, 0.2) is 0 Å². The lowest BCUT2D eigenvalue weighted by molar-refractivity contribution is -0.125. The predicted octanol–water partition coefficient (Wildman–Crippen LogP) is 0.249. The summed E-state index contributed by atoms with van der Waals surface area (Å²) in [6.07, 6.45) is 2.18. The second kappa shape index (κ2) is 7.76. The number of carbonyl (C=O) groups is 1. The van der Waals surface area contributed by atoms with Gasteiger partial charge >= 0.3 is 0 Å². The van der Waals surface area contributed by atoms with Crippen LogP contribution in [0.4, 0.5) is 0 Å². The van der Waals surface area contributed by atoms with E-state index in [0.29, 0.717) is 19.4 Å². The average molecular weight is 202 g/mol. The Morgan fingerprint density at radius 2 is 2.14 bits per heavy atom. The van der Waals surface area contributed by atoms with Crippen molar-refractivity contribution >= 4 is 5.91 Å². The van der Waals surface area contributed by atoms with Crippen molar-refractivity contribution in [1.82, 2.24) is 5.32 Å². The zero-order valence-electron chi connectivity index (χ0n) is 9.12. The average Bonchev–Trinajstić information content (AvgIpc) is 2.17. The van der Waals surface area contributed by atoms with Crippen molar-refractivity contribution in [1.29, 1.82) is 0 Å². The summed E-state index contributed by atoms with van der Waals surface area (Å²) >= 11 is 0. The molecule has 4 nitrogen and oxygen atoms in total. The lowest BCUT2D eigenvalue weighted by atomic mass is 10.1. The smallest absolute Gasteiger partial charge is 0.223 e. The van der Waals surface area contributed by atoms with Gasteiger partial charge in [-0.3, -0.25) is 4.79 Å². The highest BCUT2D eigenvalue weighted by atomic mass is 16.3. The molecule has 2 unspecified atom stereocenters. The minimum atomic E-state index is -0.0345. The summed E-state index contributed by atoms with van der Waals surface area (Å²) in [4.78, 5) is 11.5. The fraction of sp³-hybridized carbons (Fsp3) is 0.900. The van der Waals surface area contributed by atoms with Gasteiger partial charge in [-0.25, -0.2) is 0 Å². The van der Waals surface area contributed by atoms with Gasteiger partial charge in [0.05, 0.1) is 0 Å². The Kier molecular flexibility index (Phi) is 7.42. The van der Waals surface area contributed by atoms with Crippen LogP contribution in [0.5, 0.6) is 0 Å². The van der Waals surface area contributed by atoms with E-state index in [2.05, 4.69) is 5.32 Å². The van der Waals surface area contributed by atoms with Gasteiger partial charge in [-0.2, -0.15) is 0 Å². The number of nitrogens with two attached hydrogens (primary N) is 1. The van der Waals surface area contributed by atoms with E-state index in [1.54, 1.807) is 0 Å². The molecule has 0 aliphatic rings. The first-order valence-electron chi connectivity index (χ1n) is 5.27. The van der Waals surface area contributed by atoms with Crippen LogP contribution in [-0.4, -0.2) is 30.2 Å². The normalized spacial score (nSPS) is 14.9. The van der Waals surface area contributed by atoms with Crippen LogP contribution in [0.2, 0.25) is 0 Å². The molecule has 0 radical (unpaired) electrons. The van der Waals surface area contributed by atoms with Gasteiger partial charge in [0.15, 0.2) is 0 Å². The van der Waals surface area contributed by atoms with Crippen LogP contribution >= 0.6 is 0 Å². The molecule has 0 aromatic heterocycles. The highest BCUT2D eigenvalue weighted by Crippen LogP contribution is 2.03. The lowest BCUT2D eigenvalue weighted by Gasteiger charge is -2.18. The number of carbonyl (C=O) groups excluding carboxylic acids is 1. The topological polar surface area (TPSA) is 75.3 Å². The maximum Gasteiger partial charge on any atom is 0.223 e. The van der Waals surface area contributed by atoms with Gasteiger partial charge in [0.2, 0.25) is 5.91 Å².